The lowest BCUT2D eigenvalue weighted by molar-refractivity contribution is -0.127. The minimum absolute atomic E-state index is 0. The summed E-state index contributed by atoms with van der Waals surface area (Å²) in [6, 6.07) is 13.7. The summed E-state index contributed by atoms with van der Waals surface area (Å²) < 4.78 is 0. The van der Waals surface area contributed by atoms with E-state index >= 15 is 0 Å². The third-order valence-electron chi connectivity index (χ3n) is 4.20. The van der Waals surface area contributed by atoms with Gasteiger partial charge in [-0.3, -0.25) is 9.59 Å². The lowest BCUT2D eigenvalue weighted by Gasteiger charge is -2.21. The molecule has 2 aromatic rings. The SMILES string of the molecule is Cl.O=C(CNC(=O)C1CCNCC1)Nc1cccc2ccccc12. The second-order valence-corrected chi connectivity index (χ2v) is 5.82. The Morgan fingerprint density at radius 3 is 2.54 bits per heavy atom. The summed E-state index contributed by atoms with van der Waals surface area (Å²) >= 11 is 0. The average molecular weight is 348 g/mol. The zero-order valence-corrected chi connectivity index (χ0v) is 14.2. The van der Waals surface area contributed by atoms with Crippen molar-refractivity contribution >= 4 is 40.7 Å². The predicted molar refractivity (Wildman–Crippen MR) is 98.4 cm³/mol. The maximum absolute atomic E-state index is 12.1. The standard InChI is InChI=1S/C18H21N3O2.ClH/c22-17(12-20-18(23)14-8-10-19-11-9-14)21-16-7-3-5-13-4-1-2-6-15(13)16;/h1-7,14,19H,8-12H2,(H,20,23)(H,21,22);1H. The highest BCUT2D eigenvalue weighted by Crippen LogP contribution is 2.22. The Morgan fingerprint density at radius 2 is 1.75 bits per heavy atom. The van der Waals surface area contributed by atoms with E-state index in [0.29, 0.717) is 0 Å². The van der Waals surface area contributed by atoms with E-state index in [1.165, 1.54) is 0 Å². The fraction of sp³-hybridized carbons (Fsp3) is 0.333. The first kappa shape index (κ1) is 18.2. The summed E-state index contributed by atoms with van der Waals surface area (Å²) in [4.78, 5) is 24.2. The molecule has 1 heterocycles. The van der Waals surface area contributed by atoms with Crippen LogP contribution in [0.4, 0.5) is 5.69 Å². The molecule has 1 fully saturated rings. The Morgan fingerprint density at radius 1 is 1.04 bits per heavy atom. The first-order chi connectivity index (χ1) is 11.2. The fourth-order valence-electron chi connectivity index (χ4n) is 2.92. The lowest BCUT2D eigenvalue weighted by Crippen LogP contribution is -2.41. The number of carbonyl (C=O) groups excluding carboxylic acids is 2. The van der Waals surface area contributed by atoms with Crippen LogP contribution in [0.15, 0.2) is 42.5 Å². The molecule has 24 heavy (non-hydrogen) atoms. The topological polar surface area (TPSA) is 70.2 Å². The van der Waals surface area contributed by atoms with E-state index in [1.54, 1.807) is 0 Å². The van der Waals surface area contributed by atoms with Crippen LogP contribution >= 0.6 is 12.4 Å². The van der Waals surface area contributed by atoms with Gasteiger partial charge in [-0.1, -0.05) is 36.4 Å². The van der Waals surface area contributed by atoms with Crippen LogP contribution in [-0.2, 0) is 9.59 Å². The van der Waals surface area contributed by atoms with E-state index in [2.05, 4.69) is 16.0 Å². The Bertz CT molecular complexity index is 709. The largest absolute Gasteiger partial charge is 0.347 e. The van der Waals surface area contributed by atoms with Gasteiger partial charge in [-0.2, -0.15) is 0 Å². The third-order valence-corrected chi connectivity index (χ3v) is 4.20. The van der Waals surface area contributed by atoms with E-state index in [9.17, 15) is 9.59 Å². The number of hydrogen-bond donors (Lipinski definition) is 3. The highest BCUT2D eigenvalue weighted by atomic mass is 35.5. The van der Waals surface area contributed by atoms with Crippen molar-refractivity contribution in [3.05, 3.63) is 42.5 Å². The van der Waals surface area contributed by atoms with Gasteiger partial charge in [-0.25, -0.2) is 0 Å². The summed E-state index contributed by atoms with van der Waals surface area (Å²) in [7, 11) is 0. The van der Waals surface area contributed by atoms with E-state index in [0.717, 1.165) is 42.4 Å². The Balaban J connectivity index is 0.00000208. The molecule has 0 unspecified atom stereocenters. The van der Waals surface area contributed by atoms with E-state index in [-0.39, 0.29) is 36.7 Å². The van der Waals surface area contributed by atoms with Crippen molar-refractivity contribution in [2.45, 2.75) is 12.8 Å². The number of anilines is 1. The highest BCUT2D eigenvalue weighted by molar-refractivity contribution is 6.03. The highest BCUT2D eigenvalue weighted by Gasteiger charge is 2.21. The molecule has 3 rings (SSSR count). The van der Waals surface area contributed by atoms with Crippen molar-refractivity contribution in [3.63, 3.8) is 0 Å². The Labute approximate surface area is 147 Å². The molecule has 0 aromatic heterocycles. The van der Waals surface area contributed by atoms with Gasteiger partial charge in [0.25, 0.3) is 0 Å². The molecule has 0 bridgehead atoms. The van der Waals surface area contributed by atoms with E-state index < -0.39 is 0 Å². The summed E-state index contributed by atoms with van der Waals surface area (Å²) in [5.74, 6) is -0.218. The van der Waals surface area contributed by atoms with Crippen LogP contribution in [0.2, 0.25) is 0 Å². The quantitative estimate of drug-likeness (QED) is 0.795. The lowest BCUT2D eigenvalue weighted by atomic mass is 9.97. The fourth-order valence-corrected chi connectivity index (χ4v) is 2.92. The molecule has 0 radical (unpaired) electrons. The molecule has 128 valence electrons. The number of fused-ring (bicyclic) bond motifs is 1. The van der Waals surface area contributed by atoms with Crippen LogP contribution in [0.5, 0.6) is 0 Å². The summed E-state index contributed by atoms with van der Waals surface area (Å²) in [6.07, 6.45) is 1.66. The first-order valence-electron chi connectivity index (χ1n) is 8.00. The number of hydrogen-bond acceptors (Lipinski definition) is 3. The molecule has 0 aliphatic carbocycles. The molecule has 6 heteroatoms. The van der Waals surface area contributed by atoms with Crippen LogP contribution in [-0.4, -0.2) is 31.4 Å². The van der Waals surface area contributed by atoms with Crippen molar-refractivity contribution < 1.29 is 9.59 Å². The smallest absolute Gasteiger partial charge is 0.243 e. The van der Waals surface area contributed by atoms with Gasteiger partial charge in [0.05, 0.1) is 6.54 Å². The van der Waals surface area contributed by atoms with Crippen molar-refractivity contribution in [1.82, 2.24) is 10.6 Å². The maximum atomic E-state index is 12.1. The summed E-state index contributed by atoms with van der Waals surface area (Å²) in [5, 5.41) is 10.9. The second-order valence-electron chi connectivity index (χ2n) is 5.82. The minimum atomic E-state index is -0.205. The molecular formula is C18H22ClN3O2. The zero-order chi connectivity index (χ0) is 16.1. The number of carbonyl (C=O) groups is 2. The molecule has 0 spiro atoms. The Kier molecular flexibility index (Phi) is 6.58. The van der Waals surface area contributed by atoms with Gasteiger partial charge >= 0.3 is 0 Å². The van der Waals surface area contributed by atoms with E-state index in [1.807, 2.05) is 42.5 Å². The van der Waals surface area contributed by atoms with E-state index in [4.69, 9.17) is 0 Å². The predicted octanol–water partition coefficient (Wildman–Crippen LogP) is 2.32. The number of amides is 2. The molecule has 1 saturated heterocycles. The van der Waals surface area contributed by atoms with Crippen LogP contribution in [0.3, 0.4) is 0 Å². The van der Waals surface area contributed by atoms with Crippen LogP contribution in [0.1, 0.15) is 12.8 Å². The first-order valence-corrected chi connectivity index (χ1v) is 8.00. The number of piperidine rings is 1. The maximum Gasteiger partial charge on any atom is 0.243 e. The molecule has 2 aromatic carbocycles. The van der Waals surface area contributed by atoms with Gasteiger partial charge in [0.15, 0.2) is 0 Å². The molecule has 5 nitrogen and oxygen atoms in total. The molecular weight excluding hydrogens is 326 g/mol. The van der Waals surface area contributed by atoms with Crippen LogP contribution in [0, 0.1) is 5.92 Å². The third kappa shape index (κ3) is 4.46. The van der Waals surface area contributed by atoms with Gasteiger partial charge in [0.1, 0.15) is 0 Å². The monoisotopic (exact) mass is 347 g/mol. The number of halogens is 1. The molecule has 1 aliphatic rings. The van der Waals surface area contributed by atoms with Crippen molar-refractivity contribution in [2.24, 2.45) is 5.92 Å². The molecule has 0 saturated carbocycles. The van der Waals surface area contributed by atoms with Crippen molar-refractivity contribution in [3.8, 4) is 0 Å². The second kappa shape index (κ2) is 8.66. The van der Waals surface area contributed by atoms with Crippen molar-refractivity contribution in [2.75, 3.05) is 25.0 Å². The van der Waals surface area contributed by atoms with Crippen LogP contribution < -0.4 is 16.0 Å². The van der Waals surface area contributed by atoms with Gasteiger partial charge < -0.3 is 16.0 Å². The molecule has 2 amide bonds. The normalized spacial score (nSPS) is 14.7. The average Bonchev–Trinajstić information content (AvgIpc) is 2.61. The molecule has 0 atom stereocenters. The number of nitrogens with one attached hydrogen (secondary N) is 3. The van der Waals surface area contributed by atoms with Gasteiger partial charge in [-0.05, 0) is 37.4 Å². The van der Waals surface area contributed by atoms with Crippen LogP contribution in [0.25, 0.3) is 10.8 Å². The summed E-state index contributed by atoms with van der Waals surface area (Å²) in [5.41, 5.74) is 0.768. The zero-order valence-electron chi connectivity index (χ0n) is 13.4. The van der Waals surface area contributed by atoms with Gasteiger partial charge in [0.2, 0.25) is 11.8 Å². The molecule has 1 aliphatic heterocycles. The number of rotatable bonds is 4. The summed E-state index contributed by atoms with van der Waals surface area (Å²) in [6.45, 7) is 1.73. The van der Waals surface area contributed by atoms with Crippen molar-refractivity contribution in [1.29, 1.82) is 0 Å². The Hall–Kier alpha value is -2.11. The number of benzene rings is 2. The van der Waals surface area contributed by atoms with Gasteiger partial charge in [-0.15, -0.1) is 12.4 Å². The molecule has 3 N–H and O–H groups in total. The van der Waals surface area contributed by atoms with Gasteiger partial charge in [0, 0.05) is 17.0 Å². The minimum Gasteiger partial charge on any atom is -0.347 e.